The van der Waals surface area contributed by atoms with Crippen molar-refractivity contribution in [3.8, 4) is 5.75 Å². The van der Waals surface area contributed by atoms with Gasteiger partial charge in [-0.25, -0.2) is 0 Å². The number of nitrogens with one attached hydrogen (secondary N) is 1. The van der Waals surface area contributed by atoms with Gasteiger partial charge in [0.15, 0.2) is 0 Å². The molecule has 0 bridgehead atoms. The van der Waals surface area contributed by atoms with Gasteiger partial charge in [-0.1, -0.05) is 25.3 Å². The van der Waals surface area contributed by atoms with Crippen molar-refractivity contribution in [2.24, 2.45) is 0 Å². The highest BCUT2D eigenvalue weighted by atomic mass is 16.5. The van der Waals surface area contributed by atoms with E-state index in [1.54, 1.807) is 7.11 Å². The molecule has 1 heterocycles. The largest absolute Gasteiger partial charge is 0.496 e. The average Bonchev–Trinajstić information content (AvgIpc) is 2.49. The molecule has 21 heavy (non-hydrogen) atoms. The molecule has 1 saturated heterocycles. The summed E-state index contributed by atoms with van der Waals surface area (Å²) in [7, 11) is 3.78. The van der Waals surface area contributed by atoms with Crippen LogP contribution >= 0.6 is 0 Å². The van der Waals surface area contributed by atoms with Gasteiger partial charge in [0.1, 0.15) is 5.75 Å². The summed E-state index contributed by atoms with van der Waals surface area (Å²) in [6, 6.07) is 6.96. The number of nitrogens with zero attached hydrogens (tertiary/aromatic N) is 1. The fourth-order valence-electron chi connectivity index (χ4n) is 3.07. The normalized spacial score (nSPS) is 18.8. The first kappa shape index (κ1) is 16.3. The number of benzene rings is 1. The van der Waals surface area contributed by atoms with Gasteiger partial charge in [-0.05, 0) is 57.6 Å². The third kappa shape index (κ3) is 4.72. The Balaban J connectivity index is 2.11. The molecular weight excluding hydrogens is 260 g/mol. The minimum Gasteiger partial charge on any atom is -0.496 e. The first-order valence-corrected chi connectivity index (χ1v) is 8.31. The lowest BCUT2D eigenvalue weighted by molar-refractivity contribution is 0.236. The summed E-state index contributed by atoms with van der Waals surface area (Å²) in [6.45, 7) is 5.64. The van der Waals surface area contributed by atoms with Crippen LogP contribution in [-0.4, -0.2) is 32.1 Å². The maximum atomic E-state index is 5.56. The zero-order chi connectivity index (χ0) is 15.1. The number of hydrogen-bond acceptors (Lipinski definition) is 3. The molecule has 1 unspecified atom stereocenters. The van der Waals surface area contributed by atoms with Crippen LogP contribution < -0.4 is 10.1 Å². The van der Waals surface area contributed by atoms with E-state index >= 15 is 0 Å². The lowest BCUT2D eigenvalue weighted by Gasteiger charge is -2.26. The molecule has 118 valence electrons. The molecule has 1 aromatic carbocycles. The van der Waals surface area contributed by atoms with Gasteiger partial charge < -0.3 is 10.1 Å². The summed E-state index contributed by atoms with van der Waals surface area (Å²) in [5.41, 5.74) is 2.65. The summed E-state index contributed by atoms with van der Waals surface area (Å²) >= 11 is 0. The molecule has 1 atom stereocenters. The smallest absolute Gasteiger partial charge is 0.123 e. The van der Waals surface area contributed by atoms with Gasteiger partial charge in [0.25, 0.3) is 0 Å². The summed E-state index contributed by atoms with van der Waals surface area (Å²) in [6.07, 6.45) is 6.82. The van der Waals surface area contributed by atoms with E-state index in [1.807, 2.05) is 7.05 Å². The minimum atomic E-state index is 0.377. The highest BCUT2D eigenvalue weighted by Crippen LogP contribution is 2.25. The molecule has 1 fully saturated rings. The molecule has 1 N–H and O–H groups in total. The molecule has 1 aliphatic rings. The fraction of sp³-hybridized carbons (Fsp3) is 0.667. The standard InChI is InChI=1S/C18H30N2O/c1-15(19-2)16-9-10-18(21-3)17(13-16)14-20-11-7-5-4-6-8-12-20/h9-10,13,15,19H,4-8,11-12,14H2,1-3H3. The monoisotopic (exact) mass is 290 g/mol. The van der Waals surface area contributed by atoms with Crippen LogP contribution in [0.5, 0.6) is 5.75 Å². The van der Waals surface area contributed by atoms with Crippen molar-refractivity contribution < 1.29 is 4.74 Å². The Bertz CT molecular complexity index is 425. The molecule has 0 radical (unpaired) electrons. The topological polar surface area (TPSA) is 24.5 Å². The zero-order valence-corrected chi connectivity index (χ0v) is 13.8. The van der Waals surface area contributed by atoms with Crippen molar-refractivity contribution in [2.75, 3.05) is 27.2 Å². The minimum absolute atomic E-state index is 0.377. The summed E-state index contributed by atoms with van der Waals surface area (Å²) in [4.78, 5) is 2.59. The van der Waals surface area contributed by atoms with Crippen molar-refractivity contribution in [2.45, 2.75) is 51.6 Å². The van der Waals surface area contributed by atoms with E-state index in [0.717, 1.165) is 12.3 Å². The van der Waals surface area contributed by atoms with E-state index in [1.165, 1.54) is 56.3 Å². The molecule has 0 aromatic heterocycles. The van der Waals surface area contributed by atoms with Crippen molar-refractivity contribution in [1.29, 1.82) is 0 Å². The summed E-state index contributed by atoms with van der Waals surface area (Å²) in [5.74, 6) is 1.02. The first-order chi connectivity index (χ1) is 10.2. The van der Waals surface area contributed by atoms with Crippen molar-refractivity contribution in [3.05, 3.63) is 29.3 Å². The molecule has 3 heteroatoms. The van der Waals surface area contributed by atoms with E-state index in [9.17, 15) is 0 Å². The Morgan fingerprint density at radius 2 is 1.81 bits per heavy atom. The maximum Gasteiger partial charge on any atom is 0.123 e. The molecule has 3 nitrogen and oxygen atoms in total. The highest BCUT2D eigenvalue weighted by Gasteiger charge is 2.13. The average molecular weight is 290 g/mol. The van der Waals surface area contributed by atoms with Gasteiger partial charge in [-0.2, -0.15) is 0 Å². The third-order valence-corrected chi connectivity index (χ3v) is 4.58. The van der Waals surface area contributed by atoms with Crippen molar-refractivity contribution >= 4 is 0 Å². The van der Waals surface area contributed by atoms with Crippen LogP contribution in [0.4, 0.5) is 0 Å². The number of hydrogen-bond donors (Lipinski definition) is 1. The van der Waals surface area contributed by atoms with Crippen LogP contribution in [0.3, 0.4) is 0 Å². The molecular formula is C18H30N2O. The van der Waals surface area contributed by atoms with Crippen LogP contribution in [0, 0.1) is 0 Å². The van der Waals surface area contributed by atoms with E-state index in [2.05, 4.69) is 35.3 Å². The number of likely N-dealkylation sites (tertiary alicyclic amines) is 1. The molecule has 2 rings (SSSR count). The fourth-order valence-corrected chi connectivity index (χ4v) is 3.07. The highest BCUT2D eigenvalue weighted by molar-refractivity contribution is 5.38. The van der Waals surface area contributed by atoms with Crippen LogP contribution in [0.25, 0.3) is 0 Å². The van der Waals surface area contributed by atoms with Crippen molar-refractivity contribution in [1.82, 2.24) is 10.2 Å². The SMILES string of the molecule is CNC(C)c1ccc(OC)c(CN2CCCCCCC2)c1. The number of methoxy groups -OCH3 is 1. The third-order valence-electron chi connectivity index (χ3n) is 4.58. The Labute approximate surface area is 129 Å². The molecule has 0 spiro atoms. The van der Waals surface area contributed by atoms with Crippen LogP contribution in [0.1, 0.15) is 56.2 Å². The second kappa shape index (κ2) is 8.40. The van der Waals surface area contributed by atoms with Gasteiger partial charge in [-0.15, -0.1) is 0 Å². The van der Waals surface area contributed by atoms with E-state index in [-0.39, 0.29) is 0 Å². The Morgan fingerprint density at radius 1 is 1.14 bits per heavy atom. The second-order valence-corrected chi connectivity index (χ2v) is 6.13. The molecule has 1 aromatic rings. The van der Waals surface area contributed by atoms with Gasteiger partial charge in [0.05, 0.1) is 7.11 Å². The van der Waals surface area contributed by atoms with Gasteiger partial charge in [0, 0.05) is 18.2 Å². The zero-order valence-electron chi connectivity index (χ0n) is 13.8. The second-order valence-electron chi connectivity index (χ2n) is 6.13. The van der Waals surface area contributed by atoms with E-state index in [0.29, 0.717) is 6.04 Å². The predicted molar refractivity (Wildman–Crippen MR) is 88.8 cm³/mol. The van der Waals surface area contributed by atoms with E-state index in [4.69, 9.17) is 4.74 Å². The Hall–Kier alpha value is -1.06. The number of rotatable bonds is 5. The van der Waals surface area contributed by atoms with Gasteiger partial charge >= 0.3 is 0 Å². The summed E-state index contributed by atoms with van der Waals surface area (Å²) in [5, 5.41) is 3.31. The van der Waals surface area contributed by atoms with Gasteiger partial charge in [-0.3, -0.25) is 4.90 Å². The quantitative estimate of drug-likeness (QED) is 0.894. The lowest BCUT2D eigenvalue weighted by Crippen LogP contribution is -2.27. The van der Waals surface area contributed by atoms with Crippen LogP contribution in [0.15, 0.2) is 18.2 Å². The molecule has 1 aliphatic heterocycles. The molecule has 0 saturated carbocycles. The Morgan fingerprint density at radius 3 is 2.43 bits per heavy atom. The van der Waals surface area contributed by atoms with Crippen LogP contribution in [-0.2, 0) is 6.54 Å². The molecule has 0 amide bonds. The number of ether oxygens (including phenoxy) is 1. The van der Waals surface area contributed by atoms with Gasteiger partial charge in [0.2, 0.25) is 0 Å². The van der Waals surface area contributed by atoms with Crippen molar-refractivity contribution in [3.63, 3.8) is 0 Å². The predicted octanol–water partition coefficient (Wildman–Crippen LogP) is 3.74. The first-order valence-electron chi connectivity index (χ1n) is 8.31. The van der Waals surface area contributed by atoms with E-state index < -0.39 is 0 Å². The lowest BCUT2D eigenvalue weighted by atomic mass is 10.0. The molecule has 0 aliphatic carbocycles. The van der Waals surface area contributed by atoms with Crippen LogP contribution in [0.2, 0.25) is 0 Å². The Kier molecular flexibility index (Phi) is 6.52. The maximum absolute atomic E-state index is 5.56. The summed E-state index contributed by atoms with van der Waals surface area (Å²) < 4.78 is 5.56.